The molecule has 0 fully saturated rings. The molecule has 2 atom stereocenters. The topological polar surface area (TPSA) is 58.6 Å². The summed E-state index contributed by atoms with van der Waals surface area (Å²) in [6, 6.07) is 13.1. The third kappa shape index (κ3) is 6.87. The molecule has 2 amide bonds. The van der Waals surface area contributed by atoms with E-state index in [0.717, 1.165) is 27.6 Å². The third-order valence-electron chi connectivity index (χ3n) is 5.11. The number of aryl methyl sites for hydroxylation is 2. The number of benzene rings is 2. The van der Waals surface area contributed by atoms with E-state index in [4.69, 9.17) is 4.74 Å². The van der Waals surface area contributed by atoms with Gasteiger partial charge in [-0.25, -0.2) is 0 Å². The summed E-state index contributed by atoms with van der Waals surface area (Å²) in [5.74, 6) is 0.282. The van der Waals surface area contributed by atoms with Crippen molar-refractivity contribution >= 4 is 27.7 Å². The number of carbonyl (C=O) groups is 2. The summed E-state index contributed by atoms with van der Waals surface area (Å²) in [4.78, 5) is 27.4. The Morgan fingerprint density at radius 3 is 2.53 bits per heavy atom. The van der Waals surface area contributed by atoms with Gasteiger partial charge in [-0.05, 0) is 69.0 Å². The lowest BCUT2D eigenvalue weighted by atomic mass is 10.1. The molecule has 162 valence electrons. The standard InChI is InChI=1S/C24H31BrN2O3/c1-6-18(4)26-24(29)19(5)27(14-20-8-7-9-21(25)13-20)23(28)15-30-22-12-16(2)10-11-17(22)3/h7-13,18-19H,6,14-15H2,1-5H3,(H,26,29). The first-order chi connectivity index (χ1) is 14.2. The first-order valence-corrected chi connectivity index (χ1v) is 11.0. The lowest BCUT2D eigenvalue weighted by Crippen LogP contribution is -2.50. The van der Waals surface area contributed by atoms with E-state index in [1.165, 1.54) is 0 Å². The van der Waals surface area contributed by atoms with Crippen LogP contribution in [0.3, 0.4) is 0 Å². The van der Waals surface area contributed by atoms with E-state index in [2.05, 4.69) is 21.2 Å². The Balaban J connectivity index is 2.19. The highest BCUT2D eigenvalue weighted by Gasteiger charge is 2.27. The minimum absolute atomic E-state index is 0.0500. The normalized spacial score (nSPS) is 12.7. The van der Waals surface area contributed by atoms with Gasteiger partial charge in [0.25, 0.3) is 5.91 Å². The zero-order chi connectivity index (χ0) is 22.3. The zero-order valence-corrected chi connectivity index (χ0v) is 20.0. The van der Waals surface area contributed by atoms with Gasteiger partial charge in [0.1, 0.15) is 11.8 Å². The van der Waals surface area contributed by atoms with E-state index in [9.17, 15) is 9.59 Å². The molecule has 5 nitrogen and oxygen atoms in total. The van der Waals surface area contributed by atoms with Crippen LogP contribution >= 0.6 is 15.9 Å². The molecule has 0 aromatic heterocycles. The van der Waals surface area contributed by atoms with Crippen LogP contribution in [-0.4, -0.2) is 35.4 Å². The van der Waals surface area contributed by atoms with Gasteiger partial charge in [-0.15, -0.1) is 0 Å². The molecule has 0 aliphatic rings. The number of hydrogen-bond acceptors (Lipinski definition) is 3. The fourth-order valence-electron chi connectivity index (χ4n) is 2.97. The van der Waals surface area contributed by atoms with Crippen molar-refractivity contribution in [1.82, 2.24) is 10.2 Å². The quantitative estimate of drug-likeness (QED) is 0.568. The van der Waals surface area contributed by atoms with E-state index < -0.39 is 6.04 Å². The summed E-state index contributed by atoms with van der Waals surface area (Å²) in [5, 5.41) is 2.97. The maximum atomic E-state index is 13.1. The second kappa shape index (κ2) is 11.2. The third-order valence-corrected chi connectivity index (χ3v) is 5.60. The molecule has 2 aromatic carbocycles. The van der Waals surface area contributed by atoms with E-state index in [1.54, 1.807) is 11.8 Å². The van der Waals surface area contributed by atoms with Gasteiger partial charge in [0.2, 0.25) is 5.91 Å². The summed E-state index contributed by atoms with van der Waals surface area (Å²) in [7, 11) is 0. The van der Waals surface area contributed by atoms with E-state index in [1.807, 2.05) is 70.2 Å². The number of hydrogen-bond donors (Lipinski definition) is 1. The van der Waals surface area contributed by atoms with Gasteiger partial charge in [-0.1, -0.05) is 47.1 Å². The van der Waals surface area contributed by atoms with Crippen molar-refractivity contribution in [3.8, 4) is 5.75 Å². The molecule has 30 heavy (non-hydrogen) atoms. The SMILES string of the molecule is CCC(C)NC(=O)C(C)N(Cc1cccc(Br)c1)C(=O)COc1cc(C)ccc1C. The van der Waals surface area contributed by atoms with Crippen LogP contribution in [0.5, 0.6) is 5.75 Å². The van der Waals surface area contributed by atoms with Crippen LogP contribution < -0.4 is 10.1 Å². The van der Waals surface area contributed by atoms with Gasteiger partial charge in [0.15, 0.2) is 6.61 Å². The summed E-state index contributed by atoms with van der Waals surface area (Å²) in [6.07, 6.45) is 0.827. The predicted octanol–water partition coefficient (Wildman–Crippen LogP) is 4.78. The maximum absolute atomic E-state index is 13.1. The lowest BCUT2D eigenvalue weighted by Gasteiger charge is -2.29. The summed E-state index contributed by atoms with van der Waals surface area (Å²) in [6.45, 7) is 9.84. The number of carbonyl (C=O) groups excluding carboxylic acids is 2. The molecule has 2 unspecified atom stereocenters. The fourth-order valence-corrected chi connectivity index (χ4v) is 3.41. The lowest BCUT2D eigenvalue weighted by molar-refractivity contribution is -0.142. The summed E-state index contributed by atoms with van der Waals surface area (Å²) >= 11 is 3.47. The Morgan fingerprint density at radius 1 is 1.13 bits per heavy atom. The number of halogens is 1. The van der Waals surface area contributed by atoms with Crippen LogP contribution in [0.2, 0.25) is 0 Å². The highest BCUT2D eigenvalue weighted by atomic mass is 79.9. The molecule has 0 radical (unpaired) electrons. The fraction of sp³-hybridized carbons (Fsp3) is 0.417. The Bertz CT molecular complexity index is 885. The van der Waals surface area contributed by atoms with Gasteiger partial charge in [0.05, 0.1) is 0 Å². The van der Waals surface area contributed by atoms with Crippen LogP contribution in [0.25, 0.3) is 0 Å². The van der Waals surface area contributed by atoms with Gasteiger partial charge in [-0.3, -0.25) is 9.59 Å². The van der Waals surface area contributed by atoms with E-state index in [-0.39, 0.29) is 24.5 Å². The highest BCUT2D eigenvalue weighted by molar-refractivity contribution is 9.10. The first-order valence-electron chi connectivity index (χ1n) is 10.3. The monoisotopic (exact) mass is 474 g/mol. The van der Waals surface area contributed by atoms with Crippen molar-refractivity contribution in [3.05, 3.63) is 63.6 Å². The van der Waals surface area contributed by atoms with Gasteiger partial charge >= 0.3 is 0 Å². The molecule has 0 saturated carbocycles. The van der Waals surface area contributed by atoms with Crippen molar-refractivity contribution in [2.75, 3.05) is 6.61 Å². The largest absolute Gasteiger partial charge is 0.483 e. The van der Waals surface area contributed by atoms with Crippen molar-refractivity contribution < 1.29 is 14.3 Å². The maximum Gasteiger partial charge on any atom is 0.261 e. The van der Waals surface area contributed by atoms with Crippen LogP contribution in [-0.2, 0) is 16.1 Å². The van der Waals surface area contributed by atoms with Crippen LogP contribution in [0.15, 0.2) is 46.9 Å². The molecule has 0 bridgehead atoms. The van der Waals surface area contributed by atoms with Crippen LogP contribution in [0.4, 0.5) is 0 Å². The molecule has 0 spiro atoms. The Kier molecular flexibility index (Phi) is 8.90. The molecule has 0 aliphatic heterocycles. The van der Waals surface area contributed by atoms with Crippen molar-refractivity contribution in [1.29, 1.82) is 0 Å². The van der Waals surface area contributed by atoms with Crippen molar-refractivity contribution in [3.63, 3.8) is 0 Å². The van der Waals surface area contributed by atoms with Crippen LogP contribution in [0, 0.1) is 13.8 Å². The van der Waals surface area contributed by atoms with Crippen molar-refractivity contribution in [2.45, 2.75) is 59.7 Å². The molecule has 0 heterocycles. The number of rotatable bonds is 9. The van der Waals surface area contributed by atoms with Crippen LogP contribution in [0.1, 0.15) is 43.9 Å². The second-order valence-electron chi connectivity index (χ2n) is 7.70. The summed E-state index contributed by atoms with van der Waals surface area (Å²) in [5.41, 5.74) is 2.97. The predicted molar refractivity (Wildman–Crippen MR) is 123 cm³/mol. The van der Waals surface area contributed by atoms with Crippen molar-refractivity contribution in [2.24, 2.45) is 0 Å². The van der Waals surface area contributed by atoms with Gasteiger partial charge in [0, 0.05) is 17.1 Å². The average Bonchev–Trinajstić information content (AvgIpc) is 2.71. The number of nitrogens with one attached hydrogen (secondary N) is 1. The second-order valence-corrected chi connectivity index (χ2v) is 8.62. The molecule has 0 saturated heterocycles. The number of ether oxygens (including phenoxy) is 1. The van der Waals surface area contributed by atoms with E-state index >= 15 is 0 Å². The molecule has 2 rings (SSSR count). The Morgan fingerprint density at radius 2 is 1.87 bits per heavy atom. The Hall–Kier alpha value is -2.34. The molecule has 6 heteroatoms. The van der Waals surface area contributed by atoms with E-state index in [0.29, 0.717) is 12.3 Å². The molecule has 2 aromatic rings. The first kappa shape index (κ1) is 23.9. The molecule has 1 N–H and O–H groups in total. The number of amides is 2. The smallest absolute Gasteiger partial charge is 0.261 e. The zero-order valence-electron chi connectivity index (χ0n) is 18.4. The highest BCUT2D eigenvalue weighted by Crippen LogP contribution is 2.20. The molecular weight excluding hydrogens is 444 g/mol. The molecular formula is C24H31BrN2O3. The average molecular weight is 475 g/mol. The van der Waals surface area contributed by atoms with Gasteiger partial charge < -0.3 is 15.0 Å². The van der Waals surface area contributed by atoms with Gasteiger partial charge in [-0.2, -0.15) is 0 Å². The molecule has 0 aliphatic carbocycles. The number of nitrogens with zero attached hydrogens (tertiary/aromatic N) is 1. The minimum Gasteiger partial charge on any atom is -0.483 e. The summed E-state index contributed by atoms with van der Waals surface area (Å²) < 4.78 is 6.75. The Labute approximate surface area is 187 Å². The minimum atomic E-state index is -0.618.